The minimum Gasteiger partial charge on any atom is -0.361 e. The molecule has 1 aliphatic heterocycles. The van der Waals surface area contributed by atoms with Gasteiger partial charge in [0.05, 0.1) is 0 Å². The molecule has 1 aromatic carbocycles. The number of aromatic amines is 1. The molecule has 0 radical (unpaired) electrons. The van der Waals surface area contributed by atoms with E-state index in [1.54, 1.807) is 0 Å². The first kappa shape index (κ1) is 11.9. The van der Waals surface area contributed by atoms with Gasteiger partial charge in [-0.3, -0.25) is 9.59 Å². The van der Waals surface area contributed by atoms with Gasteiger partial charge in [0, 0.05) is 17.1 Å². The van der Waals surface area contributed by atoms with E-state index in [0.717, 1.165) is 16.5 Å². The first-order valence-electron chi connectivity index (χ1n) is 5.86. The van der Waals surface area contributed by atoms with Crippen LogP contribution < -0.4 is 10.6 Å². The van der Waals surface area contributed by atoms with Crippen LogP contribution in [0.2, 0.25) is 0 Å². The van der Waals surface area contributed by atoms with Crippen LogP contribution in [0.3, 0.4) is 0 Å². The van der Waals surface area contributed by atoms with Crippen LogP contribution >= 0.6 is 12.2 Å². The molecule has 1 aromatic heterocycles. The number of carbonyl (C=O) groups is 2. The van der Waals surface area contributed by atoms with Crippen LogP contribution in [0.1, 0.15) is 5.56 Å². The van der Waals surface area contributed by atoms with Gasteiger partial charge in [-0.15, -0.1) is 0 Å². The molecule has 3 N–H and O–H groups in total. The molecule has 0 spiro atoms. The Morgan fingerprint density at radius 3 is 2.53 bits per heavy atom. The third-order valence-electron chi connectivity index (χ3n) is 3.21. The summed E-state index contributed by atoms with van der Waals surface area (Å²) in [6.07, 6.45) is 2.18. The Morgan fingerprint density at radius 1 is 1.11 bits per heavy atom. The second kappa shape index (κ2) is 4.47. The molecule has 0 atom stereocenters. The fourth-order valence-corrected chi connectivity index (χ4v) is 2.46. The zero-order chi connectivity index (χ0) is 13.4. The van der Waals surface area contributed by atoms with Crippen molar-refractivity contribution >= 4 is 40.0 Å². The van der Waals surface area contributed by atoms with Crippen molar-refractivity contribution in [2.75, 3.05) is 0 Å². The molecule has 96 valence electrons. The first-order chi connectivity index (χ1) is 9.15. The number of benzene rings is 1. The first-order valence-corrected chi connectivity index (χ1v) is 6.26. The van der Waals surface area contributed by atoms with Gasteiger partial charge in [-0.2, -0.15) is 0 Å². The summed E-state index contributed by atoms with van der Waals surface area (Å²) < 4.78 is 0. The molecule has 6 heteroatoms. The number of amides is 2. The van der Waals surface area contributed by atoms with E-state index in [2.05, 4.69) is 15.6 Å². The molecule has 3 rings (SSSR count). The highest BCUT2D eigenvalue weighted by molar-refractivity contribution is 7.80. The topological polar surface area (TPSA) is 74.0 Å². The van der Waals surface area contributed by atoms with Crippen molar-refractivity contribution < 1.29 is 9.59 Å². The maximum atomic E-state index is 11.8. The molecule has 0 bridgehead atoms. The van der Waals surface area contributed by atoms with E-state index >= 15 is 0 Å². The highest BCUT2D eigenvalue weighted by Crippen LogP contribution is 2.21. The summed E-state index contributed by atoms with van der Waals surface area (Å²) in [5.74, 6) is -1.44. The smallest absolute Gasteiger partial charge is 0.239 e. The van der Waals surface area contributed by atoms with Gasteiger partial charge in [0.2, 0.25) is 11.8 Å². The van der Waals surface area contributed by atoms with E-state index in [1.165, 1.54) is 0 Å². The molecule has 0 aliphatic carbocycles. The summed E-state index contributed by atoms with van der Waals surface area (Å²) in [6.45, 7) is 0. The Bertz CT molecular complexity index is 672. The molecule has 19 heavy (non-hydrogen) atoms. The number of nitrogens with one attached hydrogen (secondary N) is 3. The number of H-pyrrole nitrogens is 1. The van der Waals surface area contributed by atoms with Gasteiger partial charge in [-0.25, -0.2) is 0 Å². The van der Waals surface area contributed by atoms with Crippen LogP contribution in [0.25, 0.3) is 10.9 Å². The Hall–Kier alpha value is -2.21. The number of hydrogen-bond acceptors (Lipinski definition) is 3. The lowest BCUT2D eigenvalue weighted by atomic mass is 9.96. The van der Waals surface area contributed by atoms with E-state index in [0.29, 0.717) is 6.42 Å². The van der Waals surface area contributed by atoms with Gasteiger partial charge < -0.3 is 15.6 Å². The molecule has 0 saturated carbocycles. The third-order valence-corrected chi connectivity index (χ3v) is 3.41. The van der Waals surface area contributed by atoms with Crippen LogP contribution in [-0.4, -0.2) is 21.9 Å². The number of carbonyl (C=O) groups excluding carboxylic acids is 2. The maximum Gasteiger partial charge on any atom is 0.239 e. The highest BCUT2D eigenvalue weighted by atomic mass is 32.1. The zero-order valence-corrected chi connectivity index (χ0v) is 10.7. The maximum absolute atomic E-state index is 11.8. The zero-order valence-electron chi connectivity index (χ0n) is 9.90. The molecule has 0 unspecified atom stereocenters. The van der Waals surface area contributed by atoms with Crippen molar-refractivity contribution in [3.63, 3.8) is 0 Å². The Kier molecular flexibility index (Phi) is 2.79. The van der Waals surface area contributed by atoms with Gasteiger partial charge in [-0.05, 0) is 30.3 Å². The summed E-state index contributed by atoms with van der Waals surface area (Å²) in [7, 11) is 0. The molecule has 1 aliphatic rings. The van der Waals surface area contributed by atoms with Crippen LogP contribution in [0.4, 0.5) is 0 Å². The largest absolute Gasteiger partial charge is 0.361 e. The van der Waals surface area contributed by atoms with Crippen molar-refractivity contribution in [2.24, 2.45) is 5.92 Å². The van der Waals surface area contributed by atoms with E-state index < -0.39 is 5.92 Å². The third kappa shape index (κ3) is 2.10. The van der Waals surface area contributed by atoms with Crippen LogP contribution in [0.5, 0.6) is 0 Å². The predicted molar refractivity (Wildman–Crippen MR) is 74.4 cm³/mol. The molecular formula is C13H11N3O2S. The molecule has 1 fully saturated rings. The number of fused-ring (bicyclic) bond motifs is 1. The lowest BCUT2D eigenvalue weighted by Crippen LogP contribution is -2.56. The van der Waals surface area contributed by atoms with Crippen molar-refractivity contribution in [3.05, 3.63) is 36.0 Å². The van der Waals surface area contributed by atoms with Gasteiger partial charge in [0.1, 0.15) is 5.92 Å². The van der Waals surface area contributed by atoms with Crippen LogP contribution in [0.15, 0.2) is 30.5 Å². The number of aromatic nitrogens is 1. The minimum absolute atomic E-state index is 0.0742. The standard InChI is InChI=1S/C13H11N3O2S/c17-11-9(12(18)16-13(19)15-11)5-7-6-14-10-4-2-1-3-8(7)10/h1-4,6,9,14H,5H2,(H2,15,16,17,18,19). The molecule has 1 saturated heterocycles. The fraction of sp³-hybridized carbons (Fsp3) is 0.154. The van der Waals surface area contributed by atoms with Crippen LogP contribution in [-0.2, 0) is 16.0 Å². The van der Waals surface area contributed by atoms with Crippen LogP contribution in [0, 0.1) is 5.92 Å². The van der Waals surface area contributed by atoms with E-state index in [4.69, 9.17) is 12.2 Å². The normalized spacial score (nSPS) is 16.5. The van der Waals surface area contributed by atoms with Crippen molar-refractivity contribution in [3.8, 4) is 0 Å². The Morgan fingerprint density at radius 2 is 1.79 bits per heavy atom. The monoisotopic (exact) mass is 273 g/mol. The highest BCUT2D eigenvalue weighted by Gasteiger charge is 2.33. The number of thiocarbonyl (C=S) groups is 1. The van der Waals surface area contributed by atoms with Crippen molar-refractivity contribution in [1.82, 2.24) is 15.6 Å². The molecule has 2 aromatic rings. The summed E-state index contributed by atoms with van der Waals surface area (Å²) in [5, 5.41) is 6.04. The van der Waals surface area contributed by atoms with E-state index in [9.17, 15) is 9.59 Å². The van der Waals surface area contributed by atoms with E-state index in [-0.39, 0.29) is 16.9 Å². The fourth-order valence-electron chi connectivity index (χ4n) is 2.25. The Labute approximate surface area is 114 Å². The number of para-hydroxylation sites is 1. The average molecular weight is 273 g/mol. The minimum atomic E-state index is -0.745. The predicted octanol–water partition coefficient (Wildman–Crippen LogP) is 0.857. The molecule has 2 amide bonds. The second-order valence-corrected chi connectivity index (χ2v) is 4.83. The lowest BCUT2D eigenvalue weighted by Gasteiger charge is -2.22. The van der Waals surface area contributed by atoms with Gasteiger partial charge >= 0.3 is 0 Å². The van der Waals surface area contributed by atoms with Gasteiger partial charge in [-0.1, -0.05) is 18.2 Å². The van der Waals surface area contributed by atoms with Crippen molar-refractivity contribution in [1.29, 1.82) is 0 Å². The molecule has 2 heterocycles. The van der Waals surface area contributed by atoms with Gasteiger partial charge in [0.15, 0.2) is 5.11 Å². The number of hydrogen-bond donors (Lipinski definition) is 3. The molecular weight excluding hydrogens is 262 g/mol. The van der Waals surface area contributed by atoms with E-state index in [1.807, 2.05) is 30.5 Å². The second-order valence-electron chi connectivity index (χ2n) is 4.42. The summed E-state index contributed by atoms with van der Waals surface area (Å²) in [6, 6.07) is 7.77. The van der Waals surface area contributed by atoms with Crippen molar-refractivity contribution in [2.45, 2.75) is 6.42 Å². The summed E-state index contributed by atoms with van der Waals surface area (Å²) in [4.78, 5) is 26.7. The molecule has 5 nitrogen and oxygen atoms in total. The quantitative estimate of drug-likeness (QED) is 0.561. The van der Waals surface area contributed by atoms with Gasteiger partial charge in [0.25, 0.3) is 0 Å². The SMILES string of the molecule is O=C1NC(=S)NC(=O)C1Cc1c[nH]c2ccccc12. The Balaban J connectivity index is 1.90. The summed E-state index contributed by atoms with van der Waals surface area (Å²) >= 11 is 4.77. The number of rotatable bonds is 2. The lowest BCUT2D eigenvalue weighted by molar-refractivity contribution is -0.135. The summed E-state index contributed by atoms with van der Waals surface area (Å²) in [5.41, 5.74) is 1.93. The average Bonchev–Trinajstić information content (AvgIpc) is 2.77.